The van der Waals surface area contributed by atoms with Crippen molar-refractivity contribution in [2.45, 2.75) is 59.1 Å². The molecule has 0 saturated carbocycles. The first kappa shape index (κ1) is 27.8. The fourth-order valence-electron chi connectivity index (χ4n) is 4.87. The number of aromatic nitrogens is 1. The van der Waals surface area contributed by atoms with Crippen LogP contribution in [0.1, 0.15) is 69.1 Å². The minimum atomic E-state index is -4.55. The molecule has 1 fully saturated rings. The Labute approximate surface area is 209 Å². The van der Waals surface area contributed by atoms with Gasteiger partial charge in [-0.1, -0.05) is 41.0 Å². The zero-order valence-corrected chi connectivity index (χ0v) is 21.2. The fraction of sp³-hybridized carbons (Fsp3) is 0.519. The molecule has 1 amide bonds. The van der Waals surface area contributed by atoms with E-state index in [-0.39, 0.29) is 22.9 Å². The van der Waals surface area contributed by atoms with Gasteiger partial charge in [0.25, 0.3) is 5.91 Å². The van der Waals surface area contributed by atoms with E-state index in [2.05, 4.69) is 10.3 Å². The lowest BCUT2D eigenvalue weighted by molar-refractivity contribution is -0.137. The van der Waals surface area contributed by atoms with Gasteiger partial charge in [0.1, 0.15) is 11.5 Å². The van der Waals surface area contributed by atoms with Crippen LogP contribution in [0.15, 0.2) is 36.5 Å². The number of pyridine rings is 1. The Morgan fingerprint density at radius 2 is 1.94 bits per heavy atom. The Hall–Kier alpha value is -2.81. The smallest absolute Gasteiger partial charge is 0.380 e. The molecule has 3 unspecified atom stereocenters. The Balaban J connectivity index is 1.95. The minimum Gasteiger partial charge on any atom is -0.380 e. The molecule has 1 aromatic carbocycles. The molecule has 3 rings (SSSR count). The minimum absolute atomic E-state index is 0.0350. The van der Waals surface area contributed by atoms with Crippen LogP contribution in [0.2, 0.25) is 0 Å². The molecule has 3 atom stereocenters. The second-order valence-electron chi connectivity index (χ2n) is 10.6. The van der Waals surface area contributed by atoms with Gasteiger partial charge in [0.15, 0.2) is 0 Å². The highest BCUT2D eigenvalue weighted by molar-refractivity contribution is 6.02. The zero-order valence-electron chi connectivity index (χ0n) is 21.2. The summed E-state index contributed by atoms with van der Waals surface area (Å²) < 4.78 is 59.6. The molecule has 0 bridgehead atoms. The van der Waals surface area contributed by atoms with E-state index in [9.17, 15) is 18.0 Å². The third kappa shape index (κ3) is 5.61. The average Bonchev–Trinajstić information content (AvgIpc) is 3.19. The standard InChI is InChI=1S/C27H33F4N3O2/c1-6-17(11-23(32)25(3,4)5)26(15-36-14-16(26)2)20-12-19(8-9-21(20)28)34-24(35)22-10-7-18(13-33-22)27(29,30)31/h7-10,12-13,16-17,32H,6,11,14-15H2,1-5H3,(H,34,35). The Kier molecular flexibility index (Phi) is 7.93. The number of benzene rings is 1. The second-order valence-corrected chi connectivity index (χ2v) is 10.6. The molecular weight excluding hydrogens is 474 g/mol. The maximum Gasteiger partial charge on any atom is 0.417 e. The monoisotopic (exact) mass is 507 g/mol. The summed E-state index contributed by atoms with van der Waals surface area (Å²) in [6.07, 6.45) is -2.76. The highest BCUT2D eigenvalue weighted by atomic mass is 19.4. The molecule has 0 aliphatic carbocycles. The maximum absolute atomic E-state index is 15.4. The van der Waals surface area contributed by atoms with Gasteiger partial charge in [-0.2, -0.15) is 13.2 Å². The van der Waals surface area contributed by atoms with Crippen molar-refractivity contribution >= 4 is 17.3 Å². The predicted molar refractivity (Wildman–Crippen MR) is 131 cm³/mol. The van der Waals surface area contributed by atoms with Crippen LogP contribution in [0.4, 0.5) is 23.2 Å². The SMILES string of the molecule is CCC(CC(=N)C(C)(C)C)C1(c2cc(NC(=O)c3ccc(C(F)(F)F)cn3)ccc2F)COCC1C. The summed E-state index contributed by atoms with van der Waals surface area (Å²) in [7, 11) is 0. The molecular formula is C27H33F4N3O2. The predicted octanol–water partition coefficient (Wildman–Crippen LogP) is 6.88. The highest BCUT2D eigenvalue weighted by Gasteiger charge is 2.50. The van der Waals surface area contributed by atoms with Crippen LogP contribution >= 0.6 is 0 Å². The van der Waals surface area contributed by atoms with Crippen molar-refractivity contribution in [1.29, 1.82) is 5.41 Å². The van der Waals surface area contributed by atoms with Gasteiger partial charge in [0.2, 0.25) is 0 Å². The van der Waals surface area contributed by atoms with E-state index in [4.69, 9.17) is 10.1 Å². The lowest BCUT2D eigenvalue weighted by Crippen LogP contribution is -2.43. The quantitative estimate of drug-likeness (QED) is 0.317. The average molecular weight is 508 g/mol. The van der Waals surface area contributed by atoms with Crippen molar-refractivity contribution in [3.8, 4) is 0 Å². The molecule has 2 N–H and O–H groups in total. The van der Waals surface area contributed by atoms with Gasteiger partial charge in [-0.15, -0.1) is 0 Å². The van der Waals surface area contributed by atoms with Gasteiger partial charge in [-0.05, 0) is 59.6 Å². The van der Waals surface area contributed by atoms with Crippen LogP contribution in [0.5, 0.6) is 0 Å². The van der Waals surface area contributed by atoms with Gasteiger partial charge in [0.05, 0.1) is 18.8 Å². The van der Waals surface area contributed by atoms with Gasteiger partial charge >= 0.3 is 6.18 Å². The molecule has 5 nitrogen and oxygen atoms in total. The Bertz CT molecular complexity index is 1110. The molecule has 2 heterocycles. The summed E-state index contributed by atoms with van der Waals surface area (Å²) in [4.78, 5) is 16.3. The van der Waals surface area contributed by atoms with Gasteiger partial charge in [0, 0.05) is 23.0 Å². The molecule has 1 aliphatic heterocycles. The first-order valence-electron chi connectivity index (χ1n) is 12.0. The van der Waals surface area contributed by atoms with Crippen molar-refractivity contribution in [3.63, 3.8) is 0 Å². The van der Waals surface area contributed by atoms with Gasteiger partial charge in [-0.3, -0.25) is 9.78 Å². The molecule has 0 spiro atoms. The maximum atomic E-state index is 15.4. The summed E-state index contributed by atoms with van der Waals surface area (Å²) >= 11 is 0. The zero-order chi connectivity index (χ0) is 26.9. The van der Waals surface area contributed by atoms with Crippen molar-refractivity contribution in [1.82, 2.24) is 4.98 Å². The van der Waals surface area contributed by atoms with E-state index in [1.165, 1.54) is 12.1 Å². The molecule has 1 saturated heterocycles. The van der Waals surface area contributed by atoms with Gasteiger partial charge < -0.3 is 15.5 Å². The highest BCUT2D eigenvalue weighted by Crippen LogP contribution is 2.49. The Morgan fingerprint density at radius 1 is 1.25 bits per heavy atom. The normalized spacial score (nSPS) is 21.3. The van der Waals surface area contributed by atoms with Crippen molar-refractivity contribution in [2.75, 3.05) is 18.5 Å². The summed E-state index contributed by atoms with van der Waals surface area (Å²) in [5.41, 5.74) is -0.884. The lowest BCUT2D eigenvalue weighted by Gasteiger charge is -2.41. The van der Waals surface area contributed by atoms with Crippen LogP contribution in [-0.2, 0) is 16.3 Å². The number of hydrogen-bond acceptors (Lipinski definition) is 4. The number of nitrogens with one attached hydrogen (secondary N) is 2. The van der Waals surface area contributed by atoms with E-state index < -0.39 is 28.9 Å². The molecule has 196 valence electrons. The molecule has 9 heteroatoms. The van der Waals surface area contributed by atoms with E-state index in [0.29, 0.717) is 49.2 Å². The van der Waals surface area contributed by atoms with Crippen LogP contribution < -0.4 is 5.32 Å². The number of nitrogens with zero attached hydrogens (tertiary/aromatic N) is 1. The van der Waals surface area contributed by atoms with E-state index in [1.54, 1.807) is 6.07 Å². The third-order valence-corrected chi connectivity index (χ3v) is 7.21. The number of alkyl halides is 3. The summed E-state index contributed by atoms with van der Waals surface area (Å²) in [5.74, 6) is -1.24. The van der Waals surface area contributed by atoms with Crippen LogP contribution in [0.25, 0.3) is 0 Å². The topological polar surface area (TPSA) is 75.1 Å². The first-order chi connectivity index (χ1) is 16.7. The largest absolute Gasteiger partial charge is 0.417 e. The fourth-order valence-corrected chi connectivity index (χ4v) is 4.87. The second kappa shape index (κ2) is 10.3. The third-order valence-electron chi connectivity index (χ3n) is 7.21. The van der Waals surface area contributed by atoms with Crippen molar-refractivity contribution in [2.24, 2.45) is 17.3 Å². The number of amides is 1. The van der Waals surface area contributed by atoms with Crippen LogP contribution in [-0.4, -0.2) is 29.8 Å². The first-order valence-corrected chi connectivity index (χ1v) is 12.0. The Morgan fingerprint density at radius 3 is 2.44 bits per heavy atom. The van der Waals surface area contributed by atoms with E-state index in [0.717, 1.165) is 12.1 Å². The van der Waals surface area contributed by atoms with Crippen LogP contribution in [0, 0.1) is 28.5 Å². The summed E-state index contributed by atoms with van der Waals surface area (Å²) in [6, 6.07) is 6.06. The molecule has 1 aromatic heterocycles. The number of anilines is 1. The van der Waals surface area contributed by atoms with Crippen LogP contribution in [0.3, 0.4) is 0 Å². The summed E-state index contributed by atoms with van der Waals surface area (Å²) in [6.45, 7) is 10.7. The lowest BCUT2D eigenvalue weighted by atomic mass is 9.61. The van der Waals surface area contributed by atoms with Crippen molar-refractivity contribution < 1.29 is 27.1 Å². The number of carbonyl (C=O) groups is 1. The molecule has 0 radical (unpaired) electrons. The van der Waals surface area contributed by atoms with E-state index >= 15 is 4.39 Å². The molecule has 2 aromatic rings. The van der Waals surface area contributed by atoms with E-state index in [1.807, 2.05) is 34.6 Å². The molecule has 1 aliphatic rings. The number of halogens is 4. The molecule has 36 heavy (non-hydrogen) atoms. The number of carbonyl (C=O) groups excluding carboxylic acids is 1. The number of hydrogen-bond donors (Lipinski definition) is 2. The number of rotatable bonds is 7. The van der Waals surface area contributed by atoms with Gasteiger partial charge in [-0.25, -0.2) is 4.39 Å². The van der Waals surface area contributed by atoms with Crippen molar-refractivity contribution in [3.05, 3.63) is 59.2 Å². The summed E-state index contributed by atoms with van der Waals surface area (Å²) in [5, 5.41) is 11.3. The number of ether oxygens (including phenoxy) is 1.